The molecule has 0 unspecified atom stereocenters. The van der Waals surface area contributed by atoms with Crippen LogP contribution in [0.3, 0.4) is 0 Å². The van der Waals surface area contributed by atoms with Crippen molar-refractivity contribution in [3.8, 4) is 0 Å². The molecule has 6 atom stereocenters. The fourth-order valence-corrected chi connectivity index (χ4v) is 8.34. The zero-order valence-corrected chi connectivity index (χ0v) is 21.9. The van der Waals surface area contributed by atoms with Crippen LogP contribution in [0.2, 0.25) is 0 Å². The molecule has 0 heterocycles. The second-order valence-electron chi connectivity index (χ2n) is 12.7. The predicted molar refractivity (Wildman–Crippen MR) is 135 cm³/mol. The number of hydrogen-bond acceptors (Lipinski definition) is 1. The van der Waals surface area contributed by atoms with E-state index in [0.29, 0.717) is 16.7 Å². The molecule has 3 rings (SSSR count). The topological polar surface area (TPSA) is 20.2 Å². The highest BCUT2D eigenvalue weighted by Crippen LogP contribution is 2.70. The summed E-state index contributed by atoms with van der Waals surface area (Å²) < 4.78 is 0. The average Bonchev–Trinajstić information content (AvgIpc) is 3.03. The zero-order chi connectivity index (χ0) is 23.0. The van der Waals surface area contributed by atoms with E-state index in [9.17, 15) is 5.11 Å². The van der Waals surface area contributed by atoms with Gasteiger partial charge in [-0.25, -0.2) is 0 Å². The fourth-order valence-electron chi connectivity index (χ4n) is 8.34. The highest BCUT2D eigenvalue weighted by molar-refractivity contribution is 5.20. The van der Waals surface area contributed by atoms with Gasteiger partial charge in [-0.2, -0.15) is 0 Å². The lowest BCUT2D eigenvalue weighted by Gasteiger charge is -2.63. The van der Waals surface area contributed by atoms with Crippen molar-refractivity contribution in [2.24, 2.45) is 34.0 Å². The van der Waals surface area contributed by atoms with Gasteiger partial charge in [-0.05, 0) is 119 Å². The second-order valence-corrected chi connectivity index (χ2v) is 12.7. The van der Waals surface area contributed by atoms with Gasteiger partial charge in [-0.15, -0.1) is 0 Å². The minimum atomic E-state index is -0.125. The SMILES string of the molecule is CC(C)=CCC/C(C)=C/C/C=C(\C)[C@@H]1CC[C@@H]2[C@]1(C)CC[C@H]1C(C)(C)[C@@H](O)CC[C@]21C. The van der Waals surface area contributed by atoms with Crippen molar-refractivity contribution >= 4 is 0 Å². The van der Waals surface area contributed by atoms with Gasteiger partial charge in [0.15, 0.2) is 0 Å². The molecule has 0 aromatic carbocycles. The van der Waals surface area contributed by atoms with E-state index >= 15 is 0 Å². The first kappa shape index (κ1) is 24.8. The molecule has 1 heteroatoms. The molecule has 1 nitrogen and oxygen atoms in total. The van der Waals surface area contributed by atoms with Crippen molar-refractivity contribution in [2.75, 3.05) is 0 Å². The Morgan fingerprint density at radius 1 is 0.806 bits per heavy atom. The number of fused-ring (bicyclic) bond motifs is 3. The Labute approximate surface area is 193 Å². The first-order chi connectivity index (χ1) is 14.4. The van der Waals surface area contributed by atoms with Crippen molar-refractivity contribution in [3.05, 3.63) is 34.9 Å². The summed E-state index contributed by atoms with van der Waals surface area (Å²) >= 11 is 0. The summed E-state index contributed by atoms with van der Waals surface area (Å²) in [4.78, 5) is 0. The van der Waals surface area contributed by atoms with Crippen molar-refractivity contribution < 1.29 is 5.11 Å². The van der Waals surface area contributed by atoms with E-state index in [2.05, 4.69) is 73.6 Å². The molecule has 0 aromatic heterocycles. The van der Waals surface area contributed by atoms with Gasteiger partial charge < -0.3 is 5.11 Å². The third kappa shape index (κ3) is 4.64. The highest BCUT2D eigenvalue weighted by atomic mass is 16.3. The van der Waals surface area contributed by atoms with Gasteiger partial charge in [0.25, 0.3) is 0 Å². The summed E-state index contributed by atoms with van der Waals surface area (Å²) in [6.45, 7) is 19.0. The first-order valence-corrected chi connectivity index (χ1v) is 13.1. The second kappa shape index (κ2) is 9.20. The maximum absolute atomic E-state index is 10.7. The van der Waals surface area contributed by atoms with E-state index in [-0.39, 0.29) is 11.5 Å². The molecule has 0 saturated heterocycles. The van der Waals surface area contributed by atoms with Gasteiger partial charge in [-0.3, -0.25) is 0 Å². The standard InChI is InChI=1S/C30H50O/c1-21(2)11-9-12-22(3)13-10-14-23(4)24-15-16-26-29(24,7)19-17-25-28(5,6)27(31)18-20-30(25,26)8/h11,13-14,24-27,31H,9-10,12,15-20H2,1-8H3/b22-13+,23-14+/t24-,25-,26+,27-,29+,30-/m0/s1. The number of rotatable bonds is 6. The van der Waals surface area contributed by atoms with Crippen LogP contribution in [0.25, 0.3) is 0 Å². The Morgan fingerprint density at radius 3 is 2.16 bits per heavy atom. The van der Waals surface area contributed by atoms with E-state index in [1.165, 1.54) is 56.1 Å². The summed E-state index contributed by atoms with van der Waals surface area (Å²) in [7, 11) is 0. The Morgan fingerprint density at radius 2 is 1.48 bits per heavy atom. The molecule has 0 amide bonds. The van der Waals surface area contributed by atoms with Crippen LogP contribution in [0, 0.1) is 34.0 Å². The van der Waals surface area contributed by atoms with Gasteiger partial charge in [-0.1, -0.05) is 62.6 Å². The molecule has 3 saturated carbocycles. The van der Waals surface area contributed by atoms with Crippen LogP contribution >= 0.6 is 0 Å². The molecule has 0 spiro atoms. The Hall–Kier alpha value is -0.820. The van der Waals surface area contributed by atoms with Gasteiger partial charge in [0, 0.05) is 0 Å². The molecule has 3 aliphatic carbocycles. The quantitative estimate of drug-likeness (QED) is 0.421. The fraction of sp³-hybridized carbons (Fsp3) is 0.800. The van der Waals surface area contributed by atoms with Gasteiger partial charge in [0.2, 0.25) is 0 Å². The van der Waals surface area contributed by atoms with E-state index in [4.69, 9.17) is 0 Å². The van der Waals surface area contributed by atoms with Gasteiger partial charge in [0.1, 0.15) is 0 Å². The molecule has 0 bridgehead atoms. The average molecular weight is 427 g/mol. The molecule has 0 aliphatic heterocycles. The summed E-state index contributed by atoms with van der Waals surface area (Å²) in [5.41, 5.74) is 5.47. The van der Waals surface area contributed by atoms with Crippen LogP contribution in [0.1, 0.15) is 113 Å². The van der Waals surface area contributed by atoms with Crippen molar-refractivity contribution in [1.82, 2.24) is 0 Å². The molecule has 31 heavy (non-hydrogen) atoms. The third-order valence-electron chi connectivity index (χ3n) is 10.2. The van der Waals surface area contributed by atoms with Crippen LogP contribution in [0.5, 0.6) is 0 Å². The van der Waals surface area contributed by atoms with Gasteiger partial charge in [0.05, 0.1) is 6.10 Å². The Kier molecular flexibility index (Phi) is 7.37. The van der Waals surface area contributed by atoms with Crippen LogP contribution in [0.15, 0.2) is 34.9 Å². The minimum Gasteiger partial charge on any atom is -0.393 e. The number of aliphatic hydroxyl groups excluding tert-OH is 1. The lowest BCUT2D eigenvalue weighted by Crippen LogP contribution is -2.58. The molecule has 0 aromatic rings. The van der Waals surface area contributed by atoms with Crippen molar-refractivity contribution in [3.63, 3.8) is 0 Å². The van der Waals surface area contributed by atoms with Crippen LogP contribution < -0.4 is 0 Å². The van der Waals surface area contributed by atoms with Crippen LogP contribution in [-0.2, 0) is 0 Å². The van der Waals surface area contributed by atoms with E-state index in [0.717, 1.165) is 24.7 Å². The molecule has 3 aliphatic rings. The molecular formula is C30H50O. The van der Waals surface area contributed by atoms with E-state index in [1.54, 1.807) is 5.57 Å². The molecular weight excluding hydrogens is 376 g/mol. The van der Waals surface area contributed by atoms with Crippen molar-refractivity contribution in [2.45, 2.75) is 119 Å². The molecule has 0 radical (unpaired) electrons. The summed E-state index contributed by atoms with van der Waals surface area (Å²) in [5.74, 6) is 2.21. The normalized spacial score (nSPS) is 40.3. The summed E-state index contributed by atoms with van der Waals surface area (Å²) in [6, 6.07) is 0. The Bertz CT molecular complexity index is 734. The smallest absolute Gasteiger partial charge is 0.0594 e. The van der Waals surface area contributed by atoms with Crippen molar-refractivity contribution in [1.29, 1.82) is 0 Å². The number of allylic oxidation sites excluding steroid dienone is 6. The number of aliphatic hydroxyl groups is 1. The summed E-state index contributed by atoms with van der Waals surface area (Å²) in [6.07, 6.45) is 18.2. The highest BCUT2D eigenvalue weighted by Gasteiger charge is 2.63. The maximum Gasteiger partial charge on any atom is 0.0594 e. The Balaban J connectivity index is 1.70. The van der Waals surface area contributed by atoms with E-state index < -0.39 is 0 Å². The molecule has 176 valence electrons. The van der Waals surface area contributed by atoms with Crippen LogP contribution in [-0.4, -0.2) is 11.2 Å². The third-order valence-corrected chi connectivity index (χ3v) is 10.2. The van der Waals surface area contributed by atoms with Crippen LogP contribution in [0.4, 0.5) is 0 Å². The molecule has 1 N–H and O–H groups in total. The monoisotopic (exact) mass is 426 g/mol. The number of hydrogen-bond donors (Lipinski definition) is 1. The summed E-state index contributed by atoms with van der Waals surface area (Å²) in [5, 5.41) is 10.7. The lowest BCUT2D eigenvalue weighted by atomic mass is 9.42. The lowest BCUT2D eigenvalue weighted by molar-refractivity contribution is -0.166. The minimum absolute atomic E-state index is 0.0606. The predicted octanol–water partition coefficient (Wildman–Crippen LogP) is 8.65. The van der Waals surface area contributed by atoms with E-state index in [1.807, 2.05) is 0 Å². The molecule has 3 fully saturated rings. The van der Waals surface area contributed by atoms with Gasteiger partial charge >= 0.3 is 0 Å². The largest absolute Gasteiger partial charge is 0.393 e. The first-order valence-electron chi connectivity index (χ1n) is 13.1. The zero-order valence-electron chi connectivity index (χ0n) is 21.9. The maximum atomic E-state index is 10.7.